The van der Waals surface area contributed by atoms with E-state index in [1.54, 1.807) is 23.0 Å². The van der Waals surface area contributed by atoms with E-state index < -0.39 is 5.95 Å². The van der Waals surface area contributed by atoms with Crippen LogP contribution >= 0.6 is 11.6 Å². The summed E-state index contributed by atoms with van der Waals surface area (Å²) in [5.41, 5.74) is 7.29. The molecule has 0 fully saturated rings. The van der Waals surface area contributed by atoms with Crippen molar-refractivity contribution in [3.8, 4) is 5.69 Å². The Hall–Kier alpha value is -2.67. The normalized spacial score (nSPS) is 12.1. The van der Waals surface area contributed by atoms with Crippen LogP contribution in [0.5, 0.6) is 0 Å². The lowest BCUT2D eigenvalue weighted by molar-refractivity contribution is 0.581. The molecule has 0 unspecified atom stereocenters. The van der Waals surface area contributed by atoms with Crippen LogP contribution in [0.3, 0.4) is 0 Å². The smallest absolute Gasteiger partial charge is 0.227 e. The molecular formula is C15H14ClFN6. The summed E-state index contributed by atoms with van der Waals surface area (Å²) in [5.74, 6) is -0.470. The predicted molar refractivity (Wildman–Crippen MR) is 87.0 cm³/mol. The van der Waals surface area contributed by atoms with Crippen LogP contribution in [0.25, 0.3) is 5.69 Å². The fraction of sp³-hybridized carbons (Fsp3) is 0.133. The Balaban J connectivity index is 1.78. The Morgan fingerprint density at radius 2 is 2.00 bits per heavy atom. The summed E-state index contributed by atoms with van der Waals surface area (Å²) in [6.45, 7) is 1.90. The first-order valence-electron chi connectivity index (χ1n) is 6.88. The Labute approximate surface area is 137 Å². The van der Waals surface area contributed by atoms with E-state index in [4.69, 9.17) is 17.3 Å². The summed E-state index contributed by atoms with van der Waals surface area (Å²) in [7, 11) is 0. The third kappa shape index (κ3) is 3.57. The molecule has 0 aliphatic heterocycles. The van der Waals surface area contributed by atoms with Gasteiger partial charge in [0, 0.05) is 22.8 Å². The lowest BCUT2D eigenvalue weighted by Crippen LogP contribution is -2.10. The number of rotatable bonds is 4. The average Bonchev–Trinajstić information content (AvgIpc) is 2.97. The molecule has 0 amide bonds. The second-order valence-corrected chi connectivity index (χ2v) is 5.44. The largest absolute Gasteiger partial charge is 0.383 e. The number of nitrogens with one attached hydrogen (secondary N) is 1. The van der Waals surface area contributed by atoms with Crippen molar-refractivity contribution in [2.75, 3.05) is 11.1 Å². The molecule has 2 aromatic heterocycles. The van der Waals surface area contributed by atoms with Crippen LogP contribution in [0.1, 0.15) is 18.5 Å². The first-order chi connectivity index (χ1) is 11.0. The highest BCUT2D eigenvalue weighted by Crippen LogP contribution is 2.19. The van der Waals surface area contributed by atoms with Gasteiger partial charge >= 0.3 is 0 Å². The third-order valence-electron chi connectivity index (χ3n) is 3.25. The van der Waals surface area contributed by atoms with Crippen LogP contribution in [0.15, 0.2) is 42.7 Å². The Bertz CT molecular complexity index is 797. The van der Waals surface area contributed by atoms with Crippen molar-refractivity contribution in [3.63, 3.8) is 0 Å². The lowest BCUT2D eigenvalue weighted by atomic mass is 10.2. The quantitative estimate of drug-likeness (QED) is 0.717. The molecule has 3 rings (SSSR count). The molecule has 0 bridgehead atoms. The molecule has 23 heavy (non-hydrogen) atoms. The zero-order valence-corrected chi connectivity index (χ0v) is 13.0. The maximum atomic E-state index is 13.2. The summed E-state index contributed by atoms with van der Waals surface area (Å²) >= 11 is 5.88. The maximum Gasteiger partial charge on any atom is 0.227 e. The van der Waals surface area contributed by atoms with Gasteiger partial charge in [0.1, 0.15) is 5.82 Å². The number of anilines is 2. The van der Waals surface area contributed by atoms with Crippen LogP contribution in [0.2, 0.25) is 5.02 Å². The second kappa shape index (κ2) is 6.21. The standard InChI is InChI=1S/C15H14ClFN6/c1-9(20-15-21-13(17)6-14(18)22-15)10-7-19-23(8-10)12-4-2-11(16)3-5-12/h2-9H,1H3,(H3,18,20,21,22)/t9-/m0/s1. The second-order valence-electron chi connectivity index (χ2n) is 5.00. The number of hydrogen-bond acceptors (Lipinski definition) is 5. The number of aromatic nitrogens is 4. The van der Waals surface area contributed by atoms with Crippen LogP contribution in [-0.2, 0) is 0 Å². The van der Waals surface area contributed by atoms with Gasteiger partial charge in [-0.05, 0) is 31.2 Å². The molecule has 0 radical (unpaired) electrons. The van der Waals surface area contributed by atoms with Crippen LogP contribution in [-0.4, -0.2) is 19.7 Å². The molecular weight excluding hydrogens is 319 g/mol. The fourth-order valence-electron chi connectivity index (χ4n) is 2.07. The highest BCUT2D eigenvalue weighted by atomic mass is 35.5. The third-order valence-corrected chi connectivity index (χ3v) is 3.51. The van der Waals surface area contributed by atoms with Gasteiger partial charge in [0.05, 0.1) is 17.9 Å². The van der Waals surface area contributed by atoms with E-state index in [1.165, 1.54) is 0 Å². The average molecular weight is 333 g/mol. The van der Waals surface area contributed by atoms with Crippen molar-refractivity contribution < 1.29 is 4.39 Å². The van der Waals surface area contributed by atoms with Gasteiger partial charge in [-0.1, -0.05) is 11.6 Å². The summed E-state index contributed by atoms with van der Waals surface area (Å²) in [4.78, 5) is 7.61. The maximum absolute atomic E-state index is 13.2. The van der Waals surface area contributed by atoms with Crippen LogP contribution < -0.4 is 11.1 Å². The molecule has 0 aliphatic carbocycles. The van der Waals surface area contributed by atoms with Crippen molar-refractivity contribution in [1.82, 2.24) is 19.7 Å². The van der Waals surface area contributed by atoms with E-state index >= 15 is 0 Å². The summed E-state index contributed by atoms with van der Waals surface area (Å²) in [6.07, 6.45) is 3.58. The van der Waals surface area contributed by atoms with Crippen LogP contribution in [0.4, 0.5) is 16.2 Å². The molecule has 118 valence electrons. The van der Waals surface area contributed by atoms with Gasteiger partial charge in [0.25, 0.3) is 0 Å². The minimum atomic E-state index is -0.677. The molecule has 1 aromatic carbocycles. The molecule has 2 heterocycles. The van der Waals surface area contributed by atoms with E-state index in [1.807, 2.05) is 25.3 Å². The van der Waals surface area contributed by atoms with Crippen molar-refractivity contribution in [2.24, 2.45) is 0 Å². The highest BCUT2D eigenvalue weighted by molar-refractivity contribution is 6.30. The Kier molecular flexibility index (Phi) is 4.12. The van der Waals surface area contributed by atoms with Crippen molar-refractivity contribution >= 4 is 23.4 Å². The van der Waals surface area contributed by atoms with Gasteiger partial charge in [-0.2, -0.15) is 19.5 Å². The molecule has 0 saturated carbocycles. The lowest BCUT2D eigenvalue weighted by Gasteiger charge is -2.12. The molecule has 8 heteroatoms. The number of nitrogen functional groups attached to an aromatic ring is 1. The van der Waals surface area contributed by atoms with Gasteiger partial charge in [-0.3, -0.25) is 0 Å². The van der Waals surface area contributed by atoms with Crippen LogP contribution in [0, 0.1) is 5.95 Å². The van der Waals surface area contributed by atoms with Gasteiger partial charge in [0.2, 0.25) is 11.9 Å². The minimum absolute atomic E-state index is 0.0732. The monoisotopic (exact) mass is 332 g/mol. The molecule has 1 atom stereocenters. The van der Waals surface area contributed by atoms with Gasteiger partial charge in [0.15, 0.2) is 0 Å². The number of hydrogen-bond donors (Lipinski definition) is 2. The van der Waals surface area contributed by atoms with Crippen molar-refractivity contribution in [1.29, 1.82) is 0 Å². The molecule has 3 N–H and O–H groups in total. The van der Waals surface area contributed by atoms with E-state index in [2.05, 4.69) is 20.4 Å². The number of halogens is 2. The topological polar surface area (TPSA) is 81.7 Å². The Morgan fingerprint density at radius 1 is 1.26 bits per heavy atom. The summed E-state index contributed by atoms with van der Waals surface area (Å²) in [6, 6.07) is 8.22. The van der Waals surface area contributed by atoms with Gasteiger partial charge in [-0.15, -0.1) is 0 Å². The van der Waals surface area contributed by atoms with Gasteiger partial charge < -0.3 is 11.1 Å². The van der Waals surface area contributed by atoms with Gasteiger partial charge in [-0.25, -0.2) is 4.68 Å². The summed E-state index contributed by atoms with van der Waals surface area (Å²) < 4.78 is 15.0. The predicted octanol–water partition coefficient (Wildman–Crippen LogP) is 3.21. The Morgan fingerprint density at radius 3 is 2.70 bits per heavy atom. The first kappa shape index (κ1) is 15.2. The minimum Gasteiger partial charge on any atom is -0.383 e. The fourth-order valence-corrected chi connectivity index (χ4v) is 2.20. The molecule has 0 aliphatic rings. The molecule has 0 spiro atoms. The first-order valence-corrected chi connectivity index (χ1v) is 7.26. The van der Waals surface area contributed by atoms with E-state index in [-0.39, 0.29) is 17.8 Å². The molecule has 3 aromatic rings. The summed E-state index contributed by atoms with van der Waals surface area (Å²) in [5, 5.41) is 7.97. The molecule has 0 saturated heterocycles. The number of benzene rings is 1. The zero-order chi connectivity index (χ0) is 16.4. The van der Waals surface area contributed by atoms with E-state index in [0.717, 1.165) is 17.3 Å². The number of nitrogens with zero attached hydrogens (tertiary/aromatic N) is 4. The van der Waals surface area contributed by atoms with Crippen molar-refractivity contribution in [2.45, 2.75) is 13.0 Å². The SMILES string of the molecule is C[C@H](Nc1nc(N)cc(F)n1)c1cnn(-c2ccc(Cl)cc2)c1. The van der Waals surface area contributed by atoms with E-state index in [9.17, 15) is 4.39 Å². The van der Waals surface area contributed by atoms with E-state index in [0.29, 0.717) is 5.02 Å². The zero-order valence-electron chi connectivity index (χ0n) is 12.2. The number of nitrogens with two attached hydrogens (primary N) is 1. The van der Waals surface area contributed by atoms with Crippen molar-refractivity contribution in [3.05, 3.63) is 59.3 Å². The highest BCUT2D eigenvalue weighted by Gasteiger charge is 2.11. The molecule has 6 nitrogen and oxygen atoms in total.